The molecule has 5 atom stereocenters. The Morgan fingerprint density at radius 2 is 2.00 bits per heavy atom. The SMILES string of the molecule is Cc1ccc(NC(=O)C2[C@H]3C=CC4(O3)C(C(=O)NC3CCCCC3)N(Cc3cccs3)C(=O)[C@@H]24)cc1Cl. The third-order valence-electron chi connectivity index (χ3n) is 8.22. The molecule has 2 bridgehead atoms. The lowest BCUT2D eigenvalue weighted by atomic mass is 9.74. The molecule has 7 nitrogen and oxygen atoms in total. The van der Waals surface area contributed by atoms with Gasteiger partial charge >= 0.3 is 0 Å². The van der Waals surface area contributed by atoms with E-state index >= 15 is 0 Å². The first-order chi connectivity index (χ1) is 17.9. The lowest BCUT2D eigenvalue weighted by Gasteiger charge is -2.34. The van der Waals surface area contributed by atoms with Gasteiger partial charge in [0.2, 0.25) is 17.7 Å². The maximum atomic E-state index is 14.0. The molecule has 1 saturated carbocycles. The molecule has 1 aliphatic carbocycles. The highest BCUT2D eigenvalue weighted by molar-refractivity contribution is 7.09. The normalized spacial score (nSPS) is 30.5. The highest BCUT2D eigenvalue weighted by Crippen LogP contribution is 2.55. The maximum absolute atomic E-state index is 14.0. The monoisotopic (exact) mass is 539 g/mol. The van der Waals surface area contributed by atoms with Crippen LogP contribution in [-0.2, 0) is 25.7 Å². The van der Waals surface area contributed by atoms with Crippen molar-refractivity contribution in [1.82, 2.24) is 10.2 Å². The predicted octanol–water partition coefficient (Wildman–Crippen LogP) is 4.45. The molecule has 3 aliphatic heterocycles. The molecule has 37 heavy (non-hydrogen) atoms. The standard InChI is InChI=1S/C28H30ClN3O4S/c1-16-9-10-18(14-20(16)29)31-25(33)22-21-11-12-28(36-21)23(22)27(35)32(15-19-8-5-13-37-19)24(28)26(34)30-17-6-3-2-4-7-17/h5,8-14,17,21-24H,2-4,6-7,15H2,1H3,(H,30,34)(H,31,33)/t21-,22?,23-,24?,28?/m1/s1. The molecular formula is C28H30ClN3O4S. The molecule has 1 spiro atoms. The lowest BCUT2D eigenvalue weighted by molar-refractivity contribution is -0.142. The van der Waals surface area contributed by atoms with Crippen LogP contribution >= 0.6 is 22.9 Å². The number of aryl methyl sites for hydroxylation is 1. The van der Waals surface area contributed by atoms with Crippen LogP contribution < -0.4 is 10.6 Å². The van der Waals surface area contributed by atoms with Gasteiger partial charge in [0.1, 0.15) is 11.6 Å². The minimum atomic E-state index is -1.16. The van der Waals surface area contributed by atoms with Gasteiger partial charge in [-0.3, -0.25) is 14.4 Å². The van der Waals surface area contributed by atoms with E-state index in [4.69, 9.17) is 16.3 Å². The largest absolute Gasteiger partial charge is 0.359 e. The van der Waals surface area contributed by atoms with Gasteiger partial charge in [-0.15, -0.1) is 11.3 Å². The number of anilines is 1. The number of amides is 3. The van der Waals surface area contributed by atoms with Gasteiger partial charge in [-0.05, 0) is 48.9 Å². The number of hydrogen-bond donors (Lipinski definition) is 2. The van der Waals surface area contributed by atoms with Crippen LogP contribution in [0.5, 0.6) is 0 Å². The Morgan fingerprint density at radius 1 is 1.19 bits per heavy atom. The van der Waals surface area contributed by atoms with Crippen LogP contribution in [0.1, 0.15) is 42.5 Å². The van der Waals surface area contributed by atoms with Gasteiger partial charge < -0.3 is 20.3 Å². The number of carbonyl (C=O) groups is 3. The lowest BCUT2D eigenvalue weighted by Crippen LogP contribution is -2.56. The van der Waals surface area contributed by atoms with Crippen LogP contribution in [0.15, 0.2) is 47.9 Å². The summed E-state index contributed by atoms with van der Waals surface area (Å²) < 4.78 is 6.42. The number of likely N-dealkylation sites (tertiary alicyclic amines) is 1. The van der Waals surface area contributed by atoms with E-state index in [1.54, 1.807) is 28.4 Å². The van der Waals surface area contributed by atoms with Gasteiger partial charge in [0.25, 0.3) is 0 Å². The zero-order chi connectivity index (χ0) is 25.7. The Balaban J connectivity index is 1.31. The van der Waals surface area contributed by atoms with E-state index < -0.39 is 29.6 Å². The first-order valence-corrected chi connectivity index (χ1v) is 14.2. The van der Waals surface area contributed by atoms with Crippen LogP contribution in [-0.4, -0.2) is 46.4 Å². The second kappa shape index (κ2) is 9.57. The molecule has 1 aromatic carbocycles. The molecule has 3 amide bonds. The van der Waals surface area contributed by atoms with Crippen molar-refractivity contribution in [3.8, 4) is 0 Å². The van der Waals surface area contributed by atoms with Gasteiger partial charge in [0.05, 0.1) is 24.5 Å². The fraction of sp³-hybridized carbons (Fsp3) is 0.464. The third kappa shape index (κ3) is 4.19. The first-order valence-electron chi connectivity index (χ1n) is 12.9. The van der Waals surface area contributed by atoms with Gasteiger partial charge in [0, 0.05) is 21.6 Å². The minimum absolute atomic E-state index is 0.100. The number of rotatable bonds is 6. The quantitative estimate of drug-likeness (QED) is 0.531. The number of halogens is 1. The van der Waals surface area contributed by atoms with Gasteiger partial charge in [0.15, 0.2) is 0 Å². The molecule has 0 radical (unpaired) electrons. The van der Waals surface area contributed by atoms with Crippen molar-refractivity contribution in [2.24, 2.45) is 11.8 Å². The Hall–Kier alpha value is -2.68. The van der Waals surface area contributed by atoms with E-state index in [1.807, 2.05) is 42.7 Å². The van der Waals surface area contributed by atoms with Crippen LogP contribution in [0.2, 0.25) is 5.02 Å². The molecule has 4 heterocycles. The first kappa shape index (κ1) is 24.6. The Bertz CT molecular complexity index is 1260. The van der Waals surface area contributed by atoms with Crippen molar-refractivity contribution in [1.29, 1.82) is 0 Å². The second-order valence-corrected chi connectivity index (χ2v) is 12.0. The number of thiophene rings is 1. The summed E-state index contributed by atoms with van der Waals surface area (Å²) >= 11 is 7.80. The summed E-state index contributed by atoms with van der Waals surface area (Å²) in [5.41, 5.74) is 0.311. The van der Waals surface area contributed by atoms with E-state index in [2.05, 4.69) is 10.6 Å². The fourth-order valence-electron chi connectivity index (χ4n) is 6.43. The van der Waals surface area contributed by atoms with Crippen LogP contribution in [0.4, 0.5) is 5.69 Å². The highest BCUT2D eigenvalue weighted by atomic mass is 35.5. The predicted molar refractivity (Wildman–Crippen MR) is 142 cm³/mol. The number of nitrogens with zero attached hydrogens (tertiary/aromatic N) is 1. The second-order valence-electron chi connectivity index (χ2n) is 10.5. The number of carbonyl (C=O) groups excluding carboxylic acids is 3. The van der Waals surface area contributed by atoms with E-state index in [0.29, 0.717) is 17.3 Å². The molecule has 3 unspecified atom stereocenters. The molecule has 194 valence electrons. The summed E-state index contributed by atoms with van der Waals surface area (Å²) in [7, 11) is 0. The van der Waals surface area contributed by atoms with Crippen molar-refractivity contribution in [2.45, 2.75) is 69.4 Å². The highest BCUT2D eigenvalue weighted by Gasteiger charge is 2.72. The van der Waals surface area contributed by atoms with Gasteiger partial charge in [-0.1, -0.05) is 55.1 Å². The number of nitrogens with one attached hydrogen (secondary N) is 2. The number of benzene rings is 1. The molecule has 2 saturated heterocycles. The summed E-state index contributed by atoms with van der Waals surface area (Å²) in [5, 5.41) is 8.66. The molecule has 2 N–H and O–H groups in total. The minimum Gasteiger partial charge on any atom is -0.359 e. The van der Waals surface area contributed by atoms with Crippen LogP contribution in [0, 0.1) is 18.8 Å². The van der Waals surface area contributed by atoms with E-state index in [-0.39, 0.29) is 23.8 Å². The maximum Gasteiger partial charge on any atom is 0.246 e. The van der Waals surface area contributed by atoms with Crippen molar-refractivity contribution < 1.29 is 19.1 Å². The summed E-state index contributed by atoms with van der Waals surface area (Å²) in [6.45, 7) is 2.20. The molecule has 3 fully saturated rings. The molecular weight excluding hydrogens is 510 g/mol. The Labute approximate surface area is 225 Å². The smallest absolute Gasteiger partial charge is 0.246 e. The summed E-state index contributed by atoms with van der Waals surface area (Å²) in [5.74, 6) is -2.23. The number of hydrogen-bond acceptors (Lipinski definition) is 5. The topological polar surface area (TPSA) is 87.7 Å². The van der Waals surface area contributed by atoms with E-state index in [0.717, 1.165) is 36.1 Å². The average Bonchev–Trinajstić information content (AvgIpc) is 3.65. The van der Waals surface area contributed by atoms with Crippen molar-refractivity contribution in [2.75, 3.05) is 5.32 Å². The molecule has 1 aromatic heterocycles. The molecule has 6 rings (SSSR count). The number of fused-ring (bicyclic) bond motifs is 1. The van der Waals surface area contributed by atoms with Crippen molar-refractivity contribution >= 4 is 46.3 Å². The molecule has 4 aliphatic rings. The van der Waals surface area contributed by atoms with Crippen molar-refractivity contribution in [3.05, 3.63) is 63.3 Å². The summed E-state index contributed by atoms with van der Waals surface area (Å²) in [6, 6.07) is 8.49. The van der Waals surface area contributed by atoms with Gasteiger partial charge in [-0.25, -0.2) is 0 Å². The van der Waals surface area contributed by atoms with Crippen LogP contribution in [0.3, 0.4) is 0 Å². The summed E-state index contributed by atoms with van der Waals surface area (Å²) in [6.07, 6.45) is 8.37. The molecule has 9 heteroatoms. The number of ether oxygens (including phenoxy) is 1. The Morgan fingerprint density at radius 3 is 2.73 bits per heavy atom. The fourth-order valence-corrected chi connectivity index (χ4v) is 7.31. The van der Waals surface area contributed by atoms with E-state index in [9.17, 15) is 14.4 Å². The third-order valence-corrected chi connectivity index (χ3v) is 9.49. The van der Waals surface area contributed by atoms with Gasteiger partial charge in [-0.2, -0.15) is 0 Å². The Kier molecular flexibility index (Phi) is 6.37. The van der Waals surface area contributed by atoms with Crippen LogP contribution in [0.25, 0.3) is 0 Å². The summed E-state index contributed by atoms with van der Waals surface area (Å²) in [4.78, 5) is 44.0. The van der Waals surface area contributed by atoms with Crippen molar-refractivity contribution in [3.63, 3.8) is 0 Å². The molecule has 2 aromatic rings. The zero-order valence-corrected chi connectivity index (χ0v) is 22.2. The van der Waals surface area contributed by atoms with E-state index in [1.165, 1.54) is 6.42 Å². The average molecular weight is 540 g/mol. The zero-order valence-electron chi connectivity index (χ0n) is 20.6.